The monoisotopic (exact) mass is 355 g/mol. The van der Waals surface area contributed by atoms with Gasteiger partial charge in [-0.3, -0.25) is 4.79 Å². The summed E-state index contributed by atoms with van der Waals surface area (Å²) in [5.74, 6) is -0.211. The summed E-state index contributed by atoms with van der Waals surface area (Å²) in [6.45, 7) is 0. The molecular weight excluding hydrogens is 342 g/mol. The highest BCUT2D eigenvalue weighted by atomic mass is 16.3. The third kappa shape index (κ3) is 2.71. The third-order valence-electron chi connectivity index (χ3n) is 4.36. The summed E-state index contributed by atoms with van der Waals surface area (Å²) < 4.78 is 7.32. The molecule has 7 nitrogen and oxygen atoms in total. The molecule has 0 aliphatic heterocycles. The van der Waals surface area contributed by atoms with Crippen LogP contribution in [0.1, 0.15) is 10.4 Å². The number of nitrogens with one attached hydrogen (secondary N) is 1. The second-order valence-electron chi connectivity index (χ2n) is 6.07. The molecule has 0 unspecified atom stereocenters. The minimum atomic E-state index is -0.211. The van der Waals surface area contributed by atoms with E-state index in [4.69, 9.17) is 4.42 Å². The summed E-state index contributed by atoms with van der Waals surface area (Å²) in [4.78, 5) is 12.7. The Kier molecular flexibility index (Phi) is 3.43. The number of nitrogens with zero attached hydrogens (tertiary/aromatic N) is 4. The second kappa shape index (κ2) is 6.06. The molecule has 0 radical (unpaired) electrons. The molecule has 2 heterocycles. The zero-order chi connectivity index (χ0) is 18.2. The lowest BCUT2D eigenvalue weighted by atomic mass is 10.1. The van der Waals surface area contributed by atoms with Crippen LogP contribution in [0.25, 0.3) is 27.6 Å². The molecule has 1 N–H and O–H groups in total. The Morgan fingerprint density at radius 2 is 1.81 bits per heavy atom. The van der Waals surface area contributed by atoms with Gasteiger partial charge in [0.25, 0.3) is 5.91 Å². The van der Waals surface area contributed by atoms with Crippen molar-refractivity contribution in [3.8, 4) is 5.69 Å². The summed E-state index contributed by atoms with van der Waals surface area (Å²) >= 11 is 0. The number of benzene rings is 3. The van der Waals surface area contributed by atoms with E-state index in [2.05, 4.69) is 20.8 Å². The van der Waals surface area contributed by atoms with Crippen LogP contribution in [0.15, 0.2) is 77.5 Å². The lowest BCUT2D eigenvalue weighted by Crippen LogP contribution is -2.12. The highest BCUT2D eigenvalue weighted by molar-refractivity contribution is 6.09. The number of hydrogen-bond acceptors (Lipinski definition) is 5. The first-order chi connectivity index (χ1) is 13.3. The van der Waals surface area contributed by atoms with E-state index in [-0.39, 0.29) is 5.91 Å². The number of rotatable bonds is 3. The molecule has 0 fully saturated rings. The molecule has 0 saturated heterocycles. The van der Waals surface area contributed by atoms with Crippen molar-refractivity contribution >= 4 is 33.5 Å². The highest BCUT2D eigenvalue weighted by Crippen LogP contribution is 2.30. The van der Waals surface area contributed by atoms with Crippen molar-refractivity contribution in [2.24, 2.45) is 0 Å². The van der Waals surface area contributed by atoms with Gasteiger partial charge in [0, 0.05) is 22.0 Å². The molecular formula is C20H13N5O2. The van der Waals surface area contributed by atoms with Crippen LogP contribution >= 0.6 is 0 Å². The van der Waals surface area contributed by atoms with E-state index in [9.17, 15) is 4.79 Å². The Labute approximate surface area is 153 Å². The molecule has 5 aromatic rings. The van der Waals surface area contributed by atoms with E-state index in [1.54, 1.807) is 18.2 Å². The molecule has 27 heavy (non-hydrogen) atoms. The van der Waals surface area contributed by atoms with E-state index in [1.807, 2.05) is 48.5 Å². The fraction of sp³-hybridized carbons (Fsp3) is 0. The predicted molar refractivity (Wildman–Crippen MR) is 101 cm³/mol. The standard InChI is InChI=1S/C20H13N5O2/c26-20(13-4-3-5-15(10-13)25-12-21-23-24-25)22-14-8-9-19-17(11-14)16-6-1-2-7-18(16)27-19/h1-12H,(H,22,26). The van der Waals surface area contributed by atoms with Crippen molar-refractivity contribution in [3.05, 3.63) is 78.6 Å². The minimum absolute atomic E-state index is 0.211. The summed E-state index contributed by atoms with van der Waals surface area (Å²) in [5.41, 5.74) is 3.54. The van der Waals surface area contributed by atoms with Crippen LogP contribution in [0.3, 0.4) is 0 Å². The molecule has 0 aliphatic carbocycles. The van der Waals surface area contributed by atoms with Crippen LogP contribution in [0.4, 0.5) is 5.69 Å². The fourth-order valence-corrected chi connectivity index (χ4v) is 3.08. The van der Waals surface area contributed by atoms with Crippen molar-refractivity contribution in [2.45, 2.75) is 0 Å². The van der Waals surface area contributed by atoms with E-state index >= 15 is 0 Å². The molecule has 1 amide bonds. The van der Waals surface area contributed by atoms with Crippen molar-refractivity contribution in [2.75, 3.05) is 5.32 Å². The van der Waals surface area contributed by atoms with Crippen LogP contribution in [-0.4, -0.2) is 26.1 Å². The van der Waals surface area contributed by atoms with Crippen molar-refractivity contribution in [1.29, 1.82) is 0 Å². The Balaban J connectivity index is 1.47. The first-order valence-electron chi connectivity index (χ1n) is 8.34. The Morgan fingerprint density at radius 1 is 0.926 bits per heavy atom. The van der Waals surface area contributed by atoms with Gasteiger partial charge in [0.1, 0.15) is 17.5 Å². The van der Waals surface area contributed by atoms with Crippen LogP contribution in [0.5, 0.6) is 0 Å². The Bertz CT molecular complexity index is 1270. The average Bonchev–Trinajstić information content (AvgIpc) is 3.36. The number of fused-ring (bicyclic) bond motifs is 3. The SMILES string of the molecule is O=C(Nc1ccc2oc3ccccc3c2c1)c1cccc(-n2cnnn2)c1. The number of amides is 1. The molecule has 0 atom stereocenters. The fourth-order valence-electron chi connectivity index (χ4n) is 3.08. The summed E-state index contributed by atoms with van der Waals surface area (Å²) in [7, 11) is 0. The topological polar surface area (TPSA) is 85.8 Å². The highest BCUT2D eigenvalue weighted by Gasteiger charge is 2.11. The molecule has 0 spiro atoms. The van der Waals surface area contributed by atoms with Gasteiger partial charge in [-0.15, -0.1) is 5.10 Å². The number of furan rings is 1. The Morgan fingerprint density at radius 3 is 2.70 bits per heavy atom. The Hall–Kier alpha value is -4.00. The number of carbonyl (C=O) groups excluding carboxylic acids is 1. The van der Waals surface area contributed by atoms with Gasteiger partial charge in [0.15, 0.2) is 0 Å². The molecule has 0 saturated carbocycles. The average molecular weight is 355 g/mol. The molecule has 0 aliphatic rings. The van der Waals surface area contributed by atoms with Gasteiger partial charge in [-0.05, 0) is 52.9 Å². The van der Waals surface area contributed by atoms with Gasteiger partial charge in [0.2, 0.25) is 0 Å². The third-order valence-corrected chi connectivity index (χ3v) is 4.36. The maximum absolute atomic E-state index is 12.7. The summed E-state index contributed by atoms with van der Waals surface area (Å²) in [5, 5.41) is 16.0. The number of anilines is 1. The van der Waals surface area contributed by atoms with Gasteiger partial charge in [-0.1, -0.05) is 24.3 Å². The van der Waals surface area contributed by atoms with Crippen LogP contribution in [0.2, 0.25) is 0 Å². The molecule has 7 heteroatoms. The molecule has 2 aromatic heterocycles. The van der Waals surface area contributed by atoms with E-state index in [1.165, 1.54) is 11.0 Å². The van der Waals surface area contributed by atoms with Crippen molar-refractivity contribution in [3.63, 3.8) is 0 Å². The largest absolute Gasteiger partial charge is 0.456 e. The quantitative estimate of drug-likeness (QED) is 0.532. The van der Waals surface area contributed by atoms with Crippen LogP contribution in [-0.2, 0) is 0 Å². The van der Waals surface area contributed by atoms with Gasteiger partial charge >= 0.3 is 0 Å². The smallest absolute Gasteiger partial charge is 0.255 e. The normalized spacial score (nSPS) is 11.1. The summed E-state index contributed by atoms with van der Waals surface area (Å²) in [6, 6.07) is 20.5. The number of tetrazole rings is 1. The number of para-hydroxylation sites is 1. The molecule has 5 rings (SSSR count). The summed E-state index contributed by atoms with van der Waals surface area (Å²) in [6.07, 6.45) is 1.48. The van der Waals surface area contributed by atoms with E-state index < -0.39 is 0 Å². The zero-order valence-electron chi connectivity index (χ0n) is 14.0. The lowest BCUT2D eigenvalue weighted by Gasteiger charge is -2.07. The first kappa shape index (κ1) is 15.3. The maximum atomic E-state index is 12.7. The van der Waals surface area contributed by atoms with Crippen LogP contribution < -0.4 is 5.32 Å². The zero-order valence-corrected chi connectivity index (χ0v) is 14.0. The van der Waals surface area contributed by atoms with Crippen LogP contribution in [0, 0.1) is 0 Å². The number of carbonyl (C=O) groups is 1. The second-order valence-corrected chi connectivity index (χ2v) is 6.07. The van der Waals surface area contributed by atoms with Gasteiger partial charge in [-0.25, -0.2) is 4.68 Å². The minimum Gasteiger partial charge on any atom is -0.456 e. The van der Waals surface area contributed by atoms with Gasteiger partial charge in [0.05, 0.1) is 5.69 Å². The van der Waals surface area contributed by atoms with Crippen molar-refractivity contribution < 1.29 is 9.21 Å². The van der Waals surface area contributed by atoms with E-state index in [0.717, 1.165) is 21.9 Å². The van der Waals surface area contributed by atoms with Gasteiger partial charge < -0.3 is 9.73 Å². The van der Waals surface area contributed by atoms with Crippen molar-refractivity contribution in [1.82, 2.24) is 20.2 Å². The predicted octanol–water partition coefficient (Wildman–Crippen LogP) is 3.81. The number of hydrogen-bond donors (Lipinski definition) is 1. The van der Waals surface area contributed by atoms with Gasteiger partial charge in [-0.2, -0.15) is 0 Å². The first-order valence-corrected chi connectivity index (χ1v) is 8.34. The molecule has 3 aromatic carbocycles. The lowest BCUT2D eigenvalue weighted by molar-refractivity contribution is 0.102. The maximum Gasteiger partial charge on any atom is 0.255 e. The molecule has 0 bridgehead atoms. The number of aromatic nitrogens is 4. The molecule has 130 valence electrons. The van der Waals surface area contributed by atoms with E-state index in [0.29, 0.717) is 16.9 Å².